The molecule has 0 bridgehead atoms. The molecule has 0 amide bonds. The Morgan fingerprint density at radius 3 is 2.44 bits per heavy atom. The summed E-state index contributed by atoms with van der Waals surface area (Å²) in [5.74, 6) is 0.340. The van der Waals surface area contributed by atoms with Gasteiger partial charge in [-0.15, -0.1) is 0 Å². The van der Waals surface area contributed by atoms with Crippen LogP contribution in [0, 0.1) is 5.41 Å². The molecule has 98 valence electrons. The van der Waals surface area contributed by atoms with Crippen LogP contribution < -0.4 is 4.90 Å². The van der Waals surface area contributed by atoms with E-state index in [9.17, 15) is 4.79 Å². The summed E-state index contributed by atoms with van der Waals surface area (Å²) in [4.78, 5) is 14.9. The molecule has 0 aliphatic carbocycles. The smallest absolute Gasteiger partial charge is 0.160 e. The number of carbonyl (C=O) groups excluding carboxylic acids is 1. The second-order valence-corrected chi connectivity index (χ2v) is 6.46. The lowest BCUT2D eigenvalue weighted by atomic mass is 9.85. The second kappa shape index (κ2) is 4.42. The first kappa shape index (κ1) is 13.1. The van der Waals surface area contributed by atoms with Crippen LogP contribution in [-0.4, -0.2) is 17.9 Å². The van der Waals surface area contributed by atoms with Crippen LogP contribution in [0.15, 0.2) is 24.3 Å². The summed E-state index contributed by atoms with van der Waals surface area (Å²) >= 11 is 0. The molecule has 1 unspecified atom stereocenters. The zero-order valence-corrected chi connectivity index (χ0v) is 12.0. The minimum absolute atomic E-state index is 0.00222. The lowest BCUT2D eigenvalue weighted by Gasteiger charge is -2.34. The van der Waals surface area contributed by atoms with Gasteiger partial charge in [-0.2, -0.15) is 0 Å². The Balaban J connectivity index is 2.38. The second-order valence-electron chi connectivity index (χ2n) is 6.46. The summed E-state index contributed by atoms with van der Waals surface area (Å²) in [7, 11) is 0. The van der Waals surface area contributed by atoms with Gasteiger partial charge in [0.1, 0.15) is 0 Å². The van der Waals surface area contributed by atoms with Crippen molar-refractivity contribution in [2.75, 3.05) is 4.90 Å². The van der Waals surface area contributed by atoms with Crippen molar-refractivity contribution in [2.24, 2.45) is 5.41 Å². The van der Waals surface area contributed by atoms with Crippen LogP contribution in [-0.2, 0) is 11.2 Å². The predicted molar refractivity (Wildman–Crippen MR) is 76.0 cm³/mol. The van der Waals surface area contributed by atoms with Crippen LogP contribution in [0.4, 0.5) is 5.69 Å². The Hall–Kier alpha value is -1.31. The van der Waals surface area contributed by atoms with Crippen LogP contribution in [0.25, 0.3) is 0 Å². The molecule has 18 heavy (non-hydrogen) atoms. The molecule has 0 N–H and O–H groups in total. The predicted octanol–water partition coefficient (Wildman–Crippen LogP) is 3.44. The van der Waals surface area contributed by atoms with E-state index in [1.54, 1.807) is 0 Å². The third kappa shape index (κ3) is 2.16. The molecule has 0 spiro atoms. The highest BCUT2D eigenvalue weighted by Crippen LogP contribution is 2.36. The number of fused-ring (bicyclic) bond motifs is 1. The molecule has 0 saturated heterocycles. The number of para-hydroxylation sites is 1. The fourth-order valence-corrected chi connectivity index (χ4v) is 2.77. The molecular weight excluding hydrogens is 222 g/mol. The van der Waals surface area contributed by atoms with Crippen LogP contribution in [0.2, 0.25) is 0 Å². The molecule has 1 heterocycles. The quantitative estimate of drug-likeness (QED) is 0.795. The minimum Gasteiger partial charge on any atom is -0.358 e. The summed E-state index contributed by atoms with van der Waals surface area (Å²) in [6.07, 6.45) is 0.852. The number of ketones is 1. The molecule has 1 aliphatic rings. The number of benzene rings is 1. The minimum atomic E-state index is -0.278. The maximum Gasteiger partial charge on any atom is 0.160 e. The third-order valence-electron chi connectivity index (χ3n) is 3.62. The Labute approximate surface area is 110 Å². The van der Waals surface area contributed by atoms with E-state index in [0.717, 1.165) is 6.42 Å². The van der Waals surface area contributed by atoms with E-state index < -0.39 is 0 Å². The van der Waals surface area contributed by atoms with E-state index in [0.29, 0.717) is 11.8 Å². The summed E-state index contributed by atoms with van der Waals surface area (Å²) in [5, 5.41) is 0. The van der Waals surface area contributed by atoms with E-state index in [2.05, 4.69) is 43.0 Å². The zero-order valence-electron chi connectivity index (χ0n) is 12.0. The fourth-order valence-electron chi connectivity index (χ4n) is 2.77. The number of anilines is 1. The lowest BCUT2D eigenvalue weighted by molar-refractivity contribution is -0.127. The number of hydrogen-bond acceptors (Lipinski definition) is 2. The van der Waals surface area contributed by atoms with Crippen molar-refractivity contribution in [1.29, 1.82) is 0 Å². The van der Waals surface area contributed by atoms with E-state index in [1.807, 2.05) is 20.8 Å². The van der Waals surface area contributed by atoms with Crippen LogP contribution in [0.3, 0.4) is 0 Å². The normalized spacial score (nSPS) is 19.2. The summed E-state index contributed by atoms with van der Waals surface area (Å²) in [5.41, 5.74) is 2.25. The van der Waals surface area contributed by atoms with Gasteiger partial charge in [0.2, 0.25) is 0 Å². The van der Waals surface area contributed by atoms with Gasteiger partial charge in [-0.25, -0.2) is 0 Å². The van der Waals surface area contributed by atoms with Gasteiger partial charge < -0.3 is 4.90 Å². The molecule has 0 fully saturated rings. The van der Waals surface area contributed by atoms with Crippen molar-refractivity contribution in [2.45, 2.75) is 53.1 Å². The molecule has 1 aromatic rings. The van der Waals surface area contributed by atoms with Crippen LogP contribution in [0.5, 0.6) is 0 Å². The van der Waals surface area contributed by atoms with Crippen molar-refractivity contribution < 1.29 is 4.79 Å². The molecule has 2 nitrogen and oxygen atoms in total. The standard InChI is InChI=1S/C16H23NO/c1-11(2)17-13-9-7-6-8-12(13)10-14(17)15(18)16(3,4)5/h6-9,11,14H,10H2,1-5H3. The van der Waals surface area contributed by atoms with Crippen molar-refractivity contribution in [3.05, 3.63) is 29.8 Å². The van der Waals surface area contributed by atoms with E-state index >= 15 is 0 Å². The summed E-state index contributed by atoms with van der Waals surface area (Å²) in [6, 6.07) is 8.73. The molecule has 1 aromatic carbocycles. The highest BCUT2D eigenvalue weighted by atomic mass is 16.1. The fraction of sp³-hybridized carbons (Fsp3) is 0.562. The Morgan fingerprint density at radius 2 is 1.89 bits per heavy atom. The van der Waals surface area contributed by atoms with Gasteiger partial charge >= 0.3 is 0 Å². The first-order chi connectivity index (χ1) is 8.32. The molecule has 0 saturated carbocycles. The number of rotatable bonds is 2. The molecule has 1 atom stereocenters. The van der Waals surface area contributed by atoms with Crippen LogP contribution in [0.1, 0.15) is 40.2 Å². The third-order valence-corrected chi connectivity index (χ3v) is 3.62. The molecule has 0 aromatic heterocycles. The molecule has 2 rings (SSSR count). The van der Waals surface area contributed by atoms with Gasteiger partial charge in [-0.05, 0) is 25.5 Å². The van der Waals surface area contributed by atoms with Crippen molar-refractivity contribution >= 4 is 11.5 Å². The summed E-state index contributed by atoms with van der Waals surface area (Å²) in [6.45, 7) is 10.3. The average Bonchev–Trinajstić information content (AvgIpc) is 2.65. The van der Waals surface area contributed by atoms with E-state index in [-0.39, 0.29) is 11.5 Å². The highest BCUT2D eigenvalue weighted by molar-refractivity contribution is 5.93. The molecule has 1 aliphatic heterocycles. The highest BCUT2D eigenvalue weighted by Gasteiger charge is 2.39. The zero-order chi connectivity index (χ0) is 13.5. The number of carbonyl (C=O) groups is 1. The van der Waals surface area contributed by atoms with Crippen LogP contribution >= 0.6 is 0 Å². The first-order valence-electron chi connectivity index (χ1n) is 6.73. The Kier molecular flexibility index (Phi) is 3.22. The van der Waals surface area contributed by atoms with E-state index in [4.69, 9.17) is 0 Å². The summed E-state index contributed by atoms with van der Waals surface area (Å²) < 4.78 is 0. The number of hydrogen-bond donors (Lipinski definition) is 0. The maximum absolute atomic E-state index is 12.6. The van der Waals surface area contributed by atoms with Crippen molar-refractivity contribution in [3.63, 3.8) is 0 Å². The van der Waals surface area contributed by atoms with Gasteiger partial charge in [0.05, 0.1) is 6.04 Å². The van der Waals surface area contributed by atoms with Gasteiger partial charge in [-0.1, -0.05) is 39.0 Å². The van der Waals surface area contributed by atoms with Gasteiger partial charge in [0.25, 0.3) is 0 Å². The van der Waals surface area contributed by atoms with Gasteiger partial charge in [0, 0.05) is 23.6 Å². The van der Waals surface area contributed by atoms with Crippen molar-refractivity contribution in [3.8, 4) is 0 Å². The van der Waals surface area contributed by atoms with E-state index in [1.165, 1.54) is 11.3 Å². The monoisotopic (exact) mass is 245 g/mol. The number of Topliss-reactive ketones (excluding diaryl/α,β-unsaturated/α-hetero) is 1. The first-order valence-corrected chi connectivity index (χ1v) is 6.73. The van der Waals surface area contributed by atoms with Gasteiger partial charge in [0.15, 0.2) is 5.78 Å². The van der Waals surface area contributed by atoms with Gasteiger partial charge in [-0.3, -0.25) is 4.79 Å². The molecule has 0 radical (unpaired) electrons. The largest absolute Gasteiger partial charge is 0.358 e. The lowest BCUT2D eigenvalue weighted by Crippen LogP contribution is -2.47. The Bertz CT molecular complexity index is 456. The SMILES string of the molecule is CC(C)N1c2ccccc2CC1C(=O)C(C)(C)C. The van der Waals surface area contributed by atoms with Crippen molar-refractivity contribution in [1.82, 2.24) is 0 Å². The maximum atomic E-state index is 12.6. The Morgan fingerprint density at radius 1 is 1.28 bits per heavy atom. The molecule has 2 heteroatoms. The average molecular weight is 245 g/mol. The molecular formula is C16H23NO. The topological polar surface area (TPSA) is 20.3 Å². The number of nitrogens with zero attached hydrogens (tertiary/aromatic N) is 1.